The highest BCUT2D eigenvalue weighted by molar-refractivity contribution is 9.10. The van der Waals surface area contributed by atoms with Gasteiger partial charge in [0, 0.05) is 24.8 Å². The summed E-state index contributed by atoms with van der Waals surface area (Å²) in [5.41, 5.74) is 0.508. The molecule has 2 rings (SSSR count). The number of thiophene rings is 1. The first kappa shape index (κ1) is 15.0. The normalized spacial score (nSPS) is 12.7. The highest BCUT2D eigenvalue weighted by Crippen LogP contribution is 2.38. The minimum atomic E-state index is -0.281. The van der Waals surface area contributed by atoms with E-state index in [9.17, 15) is 4.39 Å². The molecule has 1 N–H and O–H groups in total. The number of hydrogen-bond acceptors (Lipinski definition) is 2. The summed E-state index contributed by atoms with van der Waals surface area (Å²) in [6.07, 6.45) is 0. The maximum absolute atomic E-state index is 14.1. The van der Waals surface area contributed by atoms with Gasteiger partial charge in [0.25, 0.3) is 0 Å². The van der Waals surface area contributed by atoms with Gasteiger partial charge < -0.3 is 5.32 Å². The Hall–Kier alpha value is -0.420. The third-order valence-corrected chi connectivity index (χ3v) is 5.16. The average molecular weight is 363 g/mol. The fourth-order valence-corrected chi connectivity index (χ4v) is 4.25. The lowest BCUT2D eigenvalue weighted by Crippen LogP contribution is -2.22. The van der Waals surface area contributed by atoms with Crippen LogP contribution in [0.2, 0.25) is 5.02 Å². The van der Waals surface area contributed by atoms with Gasteiger partial charge in [-0.1, -0.05) is 24.6 Å². The van der Waals surface area contributed by atoms with E-state index in [1.54, 1.807) is 23.5 Å². The number of aryl methyl sites for hydroxylation is 1. The molecule has 1 unspecified atom stereocenters. The van der Waals surface area contributed by atoms with Crippen molar-refractivity contribution in [1.82, 2.24) is 5.32 Å². The van der Waals surface area contributed by atoms with Gasteiger partial charge in [0.2, 0.25) is 0 Å². The van der Waals surface area contributed by atoms with Crippen LogP contribution in [0.1, 0.15) is 28.3 Å². The van der Waals surface area contributed by atoms with Crippen molar-refractivity contribution in [2.45, 2.75) is 19.9 Å². The van der Waals surface area contributed by atoms with Crippen molar-refractivity contribution in [1.29, 1.82) is 0 Å². The molecule has 2 aromatic rings. The van der Waals surface area contributed by atoms with Crippen molar-refractivity contribution in [2.75, 3.05) is 6.54 Å². The fraction of sp³-hybridized carbons (Fsp3) is 0.286. The Morgan fingerprint density at radius 2 is 2.21 bits per heavy atom. The third-order valence-electron chi connectivity index (χ3n) is 2.80. The molecular formula is C14H14BrClFNS. The van der Waals surface area contributed by atoms with Crippen LogP contribution in [0.3, 0.4) is 0 Å². The van der Waals surface area contributed by atoms with Crippen LogP contribution in [0.4, 0.5) is 4.39 Å². The molecule has 0 aliphatic heterocycles. The zero-order valence-electron chi connectivity index (χ0n) is 10.6. The van der Waals surface area contributed by atoms with E-state index in [-0.39, 0.29) is 11.9 Å². The summed E-state index contributed by atoms with van der Waals surface area (Å²) >= 11 is 11.4. The van der Waals surface area contributed by atoms with E-state index in [4.69, 9.17) is 11.6 Å². The van der Waals surface area contributed by atoms with Gasteiger partial charge in [-0.3, -0.25) is 0 Å². The molecule has 0 bridgehead atoms. The molecule has 0 amide bonds. The van der Waals surface area contributed by atoms with Crippen molar-refractivity contribution in [3.63, 3.8) is 0 Å². The van der Waals surface area contributed by atoms with Gasteiger partial charge in [0.05, 0.1) is 6.04 Å². The van der Waals surface area contributed by atoms with E-state index in [0.717, 1.165) is 15.9 Å². The minimum Gasteiger partial charge on any atom is -0.306 e. The van der Waals surface area contributed by atoms with Gasteiger partial charge in [-0.2, -0.15) is 0 Å². The molecule has 1 aromatic carbocycles. The number of nitrogens with one attached hydrogen (secondary N) is 1. The van der Waals surface area contributed by atoms with Crippen molar-refractivity contribution in [2.24, 2.45) is 0 Å². The molecule has 1 heterocycles. The van der Waals surface area contributed by atoms with E-state index in [1.807, 2.05) is 19.9 Å². The van der Waals surface area contributed by atoms with Crippen molar-refractivity contribution in [3.05, 3.63) is 54.9 Å². The van der Waals surface area contributed by atoms with Crippen molar-refractivity contribution < 1.29 is 4.39 Å². The largest absolute Gasteiger partial charge is 0.306 e. The zero-order chi connectivity index (χ0) is 14.0. The fourth-order valence-electron chi connectivity index (χ4n) is 2.01. The molecule has 1 atom stereocenters. The molecule has 5 heteroatoms. The molecule has 1 aromatic heterocycles. The summed E-state index contributed by atoms with van der Waals surface area (Å²) in [5, 5.41) is 3.76. The third kappa shape index (κ3) is 3.19. The lowest BCUT2D eigenvalue weighted by molar-refractivity contribution is 0.562. The van der Waals surface area contributed by atoms with E-state index < -0.39 is 0 Å². The van der Waals surface area contributed by atoms with Crippen LogP contribution >= 0.6 is 38.9 Å². The van der Waals surface area contributed by atoms with Crippen LogP contribution in [0, 0.1) is 12.7 Å². The second kappa shape index (κ2) is 6.35. The van der Waals surface area contributed by atoms with Gasteiger partial charge in [0.1, 0.15) is 5.82 Å². The Kier molecular flexibility index (Phi) is 5.01. The minimum absolute atomic E-state index is 0.230. The summed E-state index contributed by atoms with van der Waals surface area (Å²) in [7, 11) is 0. The second-order valence-corrected chi connectivity index (χ2v) is 6.74. The standard InChI is InChI=1S/C14H14BrClFNS/c1-3-18-13(14-9(15)7-8(2)19-14)12-10(16)5-4-6-11(12)17/h4-7,13,18H,3H2,1-2H3. The molecule has 0 saturated heterocycles. The maximum atomic E-state index is 14.1. The van der Waals surface area contributed by atoms with Gasteiger partial charge in [-0.15, -0.1) is 11.3 Å². The molecule has 0 saturated carbocycles. The van der Waals surface area contributed by atoms with E-state index in [0.29, 0.717) is 10.6 Å². The van der Waals surface area contributed by atoms with Gasteiger partial charge >= 0.3 is 0 Å². The molecule has 19 heavy (non-hydrogen) atoms. The number of halogens is 3. The Morgan fingerprint density at radius 1 is 1.47 bits per heavy atom. The second-order valence-electron chi connectivity index (χ2n) is 4.20. The van der Waals surface area contributed by atoms with Crippen molar-refractivity contribution in [3.8, 4) is 0 Å². The summed E-state index contributed by atoms with van der Waals surface area (Å²) in [5.74, 6) is -0.281. The molecule has 0 radical (unpaired) electrons. The molecule has 0 fully saturated rings. The predicted octanol–water partition coefficient (Wildman–Crippen LogP) is 5.31. The van der Waals surface area contributed by atoms with Crippen LogP contribution in [0.25, 0.3) is 0 Å². The van der Waals surface area contributed by atoms with E-state index >= 15 is 0 Å². The first-order valence-electron chi connectivity index (χ1n) is 5.97. The van der Waals surface area contributed by atoms with Crippen molar-refractivity contribution >= 4 is 38.9 Å². The summed E-state index contributed by atoms with van der Waals surface area (Å²) < 4.78 is 15.1. The molecule has 102 valence electrons. The highest BCUT2D eigenvalue weighted by atomic mass is 79.9. The van der Waals surface area contributed by atoms with Crippen LogP contribution in [-0.4, -0.2) is 6.54 Å². The monoisotopic (exact) mass is 361 g/mol. The van der Waals surface area contributed by atoms with E-state index in [2.05, 4.69) is 21.2 Å². The lowest BCUT2D eigenvalue weighted by atomic mass is 10.0. The summed E-state index contributed by atoms with van der Waals surface area (Å²) in [6, 6.07) is 6.60. The molecule has 0 spiro atoms. The molecule has 0 aliphatic rings. The number of rotatable bonds is 4. The van der Waals surface area contributed by atoms with Crippen LogP contribution in [-0.2, 0) is 0 Å². The van der Waals surface area contributed by atoms with E-state index in [1.165, 1.54) is 10.9 Å². The quantitative estimate of drug-likeness (QED) is 0.777. The van der Waals surface area contributed by atoms with Crippen LogP contribution in [0.15, 0.2) is 28.7 Å². The molecule has 0 aliphatic carbocycles. The zero-order valence-corrected chi connectivity index (χ0v) is 13.8. The Labute approximate surface area is 129 Å². The number of hydrogen-bond donors (Lipinski definition) is 1. The smallest absolute Gasteiger partial charge is 0.129 e. The highest BCUT2D eigenvalue weighted by Gasteiger charge is 2.23. The van der Waals surface area contributed by atoms with Gasteiger partial charge in [0.15, 0.2) is 0 Å². The molecule has 1 nitrogen and oxygen atoms in total. The Morgan fingerprint density at radius 3 is 2.74 bits per heavy atom. The topological polar surface area (TPSA) is 12.0 Å². The first-order chi connectivity index (χ1) is 9.04. The van der Waals surface area contributed by atoms with Gasteiger partial charge in [-0.05, 0) is 47.6 Å². The predicted molar refractivity (Wildman–Crippen MR) is 83.7 cm³/mol. The summed E-state index contributed by atoms with van der Waals surface area (Å²) in [6.45, 7) is 4.76. The average Bonchev–Trinajstić information content (AvgIpc) is 2.67. The Bertz CT molecular complexity index is 565. The lowest BCUT2D eigenvalue weighted by Gasteiger charge is -2.19. The van der Waals surface area contributed by atoms with Gasteiger partial charge in [-0.25, -0.2) is 4.39 Å². The van der Waals surface area contributed by atoms with Crippen LogP contribution < -0.4 is 5.32 Å². The first-order valence-corrected chi connectivity index (χ1v) is 7.96. The number of benzene rings is 1. The SMILES string of the molecule is CCNC(c1sc(C)cc1Br)c1c(F)cccc1Cl. The summed E-state index contributed by atoms with van der Waals surface area (Å²) in [4.78, 5) is 2.23. The Balaban J connectivity index is 2.54. The molecular weight excluding hydrogens is 349 g/mol. The maximum Gasteiger partial charge on any atom is 0.129 e. The van der Waals surface area contributed by atoms with Crippen LogP contribution in [0.5, 0.6) is 0 Å².